The number of aromatic amines is 1. The highest BCUT2D eigenvalue weighted by atomic mass is 35.5. The van der Waals surface area contributed by atoms with Crippen molar-refractivity contribution in [2.75, 3.05) is 0 Å². The Morgan fingerprint density at radius 1 is 1.20 bits per heavy atom. The molecule has 2 aliphatic carbocycles. The Kier molecular flexibility index (Phi) is 4.72. The summed E-state index contributed by atoms with van der Waals surface area (Å²) < 4.78 is 0. The maximum Gasteiger partial charge on any atom is 0.242 e. The zero-order chi connectivity index (χ0) is 17.2. The third-order valence-electron chi connectivity index (χ3n) is 5.21. The zero-order valence-electron chi connectivity index (χ0n) is 14.0. The molecular weight excluding hydrogens is 338 g/mol. The summed E-state index contributed by atoms with van der Waals surface area (Å²) in [5.41, 5.74) is 2.90. The van der Waals surface area contributed by atoms with Crippen molar-refractivity contribution in [1.29, 1.82) is 0 Å². The second kappa shape index (κ2) is 7.14. The van der Waals surface area contributed by atoms with Crippen molar-refractivity contribution in [3.8, 4) is 0 Å². The average molecular weight is 360 g/mol. The number of benzene rings is 1. The van der Waals surface area contributed by atoms with Crippen LogP contribution in [0, 0.1) is 0 Å². The van der Waals surface area contributed by atoms with Gasteiger partial charge in [0, 0.05) is 31.0 Å². The van der Waals surface area contributed by atoms with Crippen LogP contribution in [0.4, 0.5) is 0 Å². The van der Waals surface area contributed by atoms with E-state index in [2.05, 4.69) is 50.1 Å². The Morgan fingerprint density at radius 3 is 2.52 bits per heavy atom. The van der Waals surface area contributed by atoms with Gasteiger partial charge in [0.25, 0.3) is 0 Å². The van der Waals surface area contributed by atoms with E-state index in [4.69, 9.17) is 11.6 Å². The van der Waals surface area contributed by atoms with Gasteiger partial charge in [-0.3, -0.25) is 9.89 Å². The number of carbonyl (C=O) groups excluding carboxylic acids is 1. The van der Waals surface area contributed by atoms with Crippen LogP contribution < -0.4 is 10.6 Å². The van der Waals surface area contributed by atoms with Crippen LogP contribution in [0.2, 0.25) is 5.28 Å². The highest BCUT2D eigenvalue weighted by Crippen LogP contribution is 2.26. The molecule has 0 bridgehead atoms. The van der Waals surface area contributed by atoms with Gasteiger partial charge in [0.2, 0.25) is 11.2 Å². The Labute approximate surface area is 151 Å². The van der Waals surface area contributed by atoms with E-state index >= 15 is 0 Å². The molecule has 7 heteroatoms. The number of nitrogens with one attached hydrogen (secondary N) is 3. The number of H-pyrrole nitrogens is 1. The van der Waals surface area contributed by atoms with Crippen molar-refractivity contribution in [3.63, 3.8) is 0 Å². The van der Waals surface area contributed by atoms with Crippen LogP contribution in [-0.4, -0.2) is 39.2 Å². The third-order valence-corrected chi connectivity index (χ3v) is 5.38. The van der Waals surface area contributed by atoms with Gasteiger partial charge in [-0.05, 0) is 48.4 Å². The van der Waals surface area contributed by atoms with Gasteiger partial charge in [-0.25, -0.2) is 4.98 Å². The summed E-state index contributed by atoms with van der Waals surface area (Å²) in [7, 11) is 0. The number of hydrogen-bond acceptors (Lipinski definition) is 4. The van der Waals surface area contributed by atoms with Crippen LogP contribution in [0.3, 0.4) is 0 Å². The number of fused-ring (bicyclic) bond motifs is 1. The lowest BCUT2D eigenvalue weighted by molar-refractivity contribution is -0.122. The molecule has 1 fully saturated rings. The Morgan fingerprint density at radius 2 is 1.92 bits per heavy atom. The van der Waals surface area contributed by atoms with Crippen molar-refractivity contribution in [3.05, 3.63) is 46.5 Å². The van der Waals surface area contributed by atoms with Crippen LogP contribution in [0.15, 0.2) is 24.3 Å². The summed E-state index contributed by atoms with van der Waals surface area (Å²) in [5.74, 6) is 0.700. The molecule has 0 radical (unpaired) electrons. The van der Waals surface area contributed by atoms with Crippen LogP contribution in [0.1, 0.15) is 36.2 Å². The lowest BCUT2D eigenvalue weighted by Gasteiger charge is -2.39. The monoisotopic (exact) mass is 359 g/mol. The molecule has 0 aliphatic heterocycles. The molecule has 6 nitrogen and oxygen atoms in total. The van der Waals surface area contributed by atoms with Gasteiger partial charge in [-0.15, -0.1) is 5.10 Å². The van der Waals surface area contributed by atoms with Gasteiger partial charge in [0.15, 0.2) is 0 Å². The molecule has 132 valence electrons. The molecule has 25 heavy (non-hydrogen) atoms. The normalized spacial score (nSPS) is 22.4. The number of nitrogens with zero attached hydrogens (tertiary/aromatic N) is 2. The van der Waals surface area contributed by atoms with Gasteiger partial charge in [0.05, 0.1) is 0 Å². The van der Waals surface area contributed by atoms with E-state index in [0.717, 1.165) is 25.7 Å². The van der Waals surface area contributed by atoms with E-state index in [1.165, 1.54) is 11.1 Å². The molecule has 3 N–H and O–H groups in total. The van der Waals surface area contributed by atoms with Crippen molar-refractivity contribution in [2.45, 2.75) is 56.7 Å². The quantitative estimate of drug-likeness (QED) is 0.734. The fraction of sp³-hybridized carbons (Fsp3) is 0.500. The maximum atomic E-state index is 12.2. The maximum absolute atomic E-state index is 12.2. The fourth-order valence-electron chi connectivity index (χ4n) is 3.75. The molecule has 1 aromatic heterocycles. The first-order chi connectivity index (χ1) is 12.2. The minimum atomic E-state index is 0.0544. The fourth-order valence-corrected chi connectivity index (χ4v) is 3.89. The second-order valence-electron chi connectivity index (χ2n) is 6.95. The molecule has 2 aromatic rings. The van der Waals surface area contributed by atoms with Gasteiger partial charge < -0.3 is 10.6 Å². The number of halogens is 1. The summed E-state index contributed by atoms with van der Waals surface area (Å²) in [6.07, 6.45) is 5.24. The molecule has 0 spiro atoms. The van der Waals surface area contributed by atoms with Gasteiger partial charge in [-0.2, -0.15) is 0 Å². The smallest absolute Gasteiger partial charge is 0.242 e. The second-order valence-corrected chi connectivity index (χ2v) is 7.29. The van der Waals surface area contributed by atoms with Crippen molar-refractivity contribution >= 4 is 17.5 Å². The van der Waals surface area contributed by atoms with Crippen molar-refractivity contribution in [1.82, 2.24) is 25.8 Å². The predicted molar refractivity (Wildman–Crippen MR) is 95.4 cm³/mol. The first kappa shape index (κ1) is 16.5. The number of hydrogen-bond donors (Lipinski definition) is 3. The van der Waals surface area contributed by atoms with Gasteiger partial charge >= 0.3 is 0 Å². The highest BCUT2D eigenvalue weighted by Gasteiger charge is 2.34. The molecule has 0 unspecified atom stereocenters. The van der Waals surface area contributed by atoms with Crippen LogP contribution >= 0.6 is 11.6 Å². The summed E-state index contributed by atoms with van der Waals surface area (Å²) in [6, 6.07) is 9.74. The van der Waals surface area contributed by atoms with Gasteiger partial charge in [-0.1, -0.05) is 24.3 Å². The summed E-state index contributed by atoms with van der Waals surface area (Å²) in [4.78, 5) is 16.2. The molecule has 1 aromatic carbocycles. The number of carbonyl (C=O) groups is 1. The Balaban J connectivity index is 1.22. The topological polar surface area (TPSA) is 82.7 Å². The van der Waals surface area contributed by atoms with Crippen LogP contribution in [0.25, 0.3) is 0 Å². The molecule has 1 amide bonds. The molecule has 4 rings (SSSR count). The highest BCUT2D eigenvalue weighted by molar-refractivity contribution is 6.28. The predicted octanol–water partition coefficient (Wildman–Crippen LogP) is 1.79. The lowest BCUT2D eigenvalue weighted by Crippen LogP contribution is -2.59. The third kappa shape index (κ3) is 3.85. The summed E-state index contributed by atoms with van der Waals surface area (Å²) in [5, 5.41) is 13.5. The first-order valence-corrected chi connectivity index (χ1v) is 9.24. The van der Waals surface area contributed by atoms with E-state index in [0.29, 0.717) is 30.7 Å². The molecule has 1 saturated carbocycles. The minimum Gasteiger partial charge on any atom is -0.352 e. The Hall–Kier alpha value is -1.92. The summed E-state index contributed by atoms with van der Waals surface area (Å²) >= 11 is 5.66. The number of aromatic nitrogens is 3. The summed E-state index contributed by atoms with van der Waals surface area (Å²) in [6.45, 7) is 0. The Bertz CT molecular complexity index is 736. The van der Waals surface area contributed by atoms with Crippen LogP contribution in [0.5, 0.6) is 0 Å². The lowest BCUT2D eigenvalue weighted by atomic mass is 9.85. The van der Waals surface area contributed by atoms with E-state index in [1.807, 2.05) is 0 Å². The molecule has 2 atom stereocenters. The first-order valence-electron chi connectivity index (χ1n) is 8.86. The minimum absolute atomic E-state index is 0.0544. The average Bonchev–Trinajstić information content (AvgIpc) is 3.20. The molecular formula is C18H22ClN5O. The number of rotatable bonds is 6. The largest absolute Gasteiger partial charge is 0.352 e. The molecule has 2 aliphatic rings. The molecule has 0 saturated heterocycles. The van der Waals surface area contributed by atoms with E-state index in [1.54, 1.807) is 0 Å². The van der Waals surface area contributed by atoms with E-state index in [-0.39, 0.29) is 17.2 Å². The van der Waals surface area contributed by atoms with Crippen molar-refractivity contribution < 1.29 is 4.79 Å². The van der Waals surface area contributed by atoms with Crippen molar-refractivity contribution in [2.24, 2.45) is 0 Å². The van der Waals surface area contributed by atoms with E-state index in [9.17, 15) is 4.79 Å². The van der Waals surface area contributed by atoms with Gasteiger partial charge in [0.1, 0.15) is 5.82 Å². The SMILES string of the molecule is O=C(CCc1nc(Cl)n[nH]1)N[C@H]1CC[C@H]1NC1Cc2ccccc2C1. The van der Waals surface area contributed by atoms with E-state index < -0.39 is 0 Å². The van der Waals surface area contributed by atoms with Crippen LogP contribution in [-0.2, 0) is 24.1 Å². The number of aryl methyl sites for hydroxylation is 1. The number of amides is 1. The molecule has 1 heterocycles. The zero-order valence-corrected chi connectivity index (χ0v) is 14.7. The standard InChI is InChI=1S/C18H22ClN5O/c19-18-22-16(23-24-18)7-8-17(25)21-15-6-5-14(15)20-13-9-11-3-1-2-4-12(11)10-13/h1-4,13-15,20H,5-10H2,(H,21,25)(H,22,23,24)/t14-,15+/m1/s1.